The summed E-state index contributed by atoms with van der Waals surface area (Å²) in [4.78, 5) is 12.4. The minimum Gasteiger partial charge on any atom is -0.363 e. The Hall–Kier alpha value is -2.71. The van der Waals surface area contributed by atoms with Crippen molar-refractivity contribution >= 4 is 32.5 Å². The molecule has 0 fully saturated rings. The fourth-order valence-electron chi connectivity index (χ4n) is 2.71. The van der Waals surface area contributed by atoms with Gasteiger partial charge in [0.05, 0.1) is 11.4 Å². The van der Waals surface area contributed by atoms with Crippen molar-refractivity contribution in [2.45, 2.75) is 18.2 Å². The maximum Gasteiger partial charge on any atom is 0.244 e. The number of amides is 1. The summed E-state index contributed by atoms with van der Waals surface area (Å²) in [5.74, 6) is -0.231. The molecule has 0 aliphatic rings. The summed E-state index contributed by atoms with van der Waals surface area (Å²) in [6.07, 6.45) is 1.91. The van der Waals surface area contributed by atoms with Gasteiger partial charge in [0, 0.05) is 18.0 Å². The molecule has 0 saturated heterocycles. The highest BCUT2D eigenvalue weighted by Gasteiger charge is 2.27. The van der Waals surface area contributed by atoms with Crippen molar-refractivity contribution in [3.05, 3.63) is 54.8 Å². The van der Waals surface area contributed by atoms with Crippen LogP contribution in [-0.4, -0.2) is 36.9 Å². The van der Waals surface area contributed by atoms with Crippen molar-refractivity contribution in [1.82, 2.24) is 9.46 Å². The maximum atomic E-state index is 13.2. The fraction of sp³-hybridized carbons (Fsp3) is 0.222. The Bertz CT molecular complexity index is 995. The van der Waals surface area contributed by atoms with Gasteiger partial charge in [-0.3, -0.25) is 4.79 Å². The van der Waals surface area contributed by atoms with Crippen LogP contribution < -0.4 is 5.32 Å². The average molecular weight is 373 g/mol. The number of nitrogens with zero attached hydrogens (tertiary/aromatic N) is 2. The van der Waals surface area contributed by atoms with Crippen LogP contribution in [0.2, 0.25) is 0 Å². The lowest BCUT2D eigenvalue weighted by Gasteiger charge is -2.21. The monoisotopic (exact) mass is 373 g/mol. The molecule has 1 N–H and O–H groups in total. The number of nitrogens with one attached hydrogen (secondary N) is 1. The first-order valence-electron chi connectivity index (χ1n) is 8.20. The van der Waals surface area contributed by atoms with E-state index in [0.29, 0.717) is 11.8 Å². The molecule has 26 heavy (non-hydrogen) atoms. The number of sulfonamides is 1. The highest BCUT2D eigenvalue weighted by atomic mass is 32.2. The topological polar surface area (TPSA) is 92.5 Å². The quantitative estimate of drug-likeness (QED) is 0.687. The van der Waals surface area contributed by atoms with Crippen LogP contribution in [0, 0.1) is 0 Å². The summed E-state index contributed by atoms with van der Waals surface area (Å²) in [6.45, 7) is 1.80. The zero-order valence-corrected chi connectivity index (χ0v) is 15.1. The minimum atomic E-state index is -3.84. The molecule has 3 aromatic rings. The summed E-state index contributed by atoms with van der Waals surface area (Å²) in [5.41, 5.74) is 0. The van der Waals surface area contributed by atoms with Crippen LogP contribution in [0.25, 0.3) is 10.8 Å². The van der Waals surface area contributed by atoms with Crippen LogP contribution >= 0.6 is 0 Å². The van der Waals surface area contributed by atoms with Crippen molar-refractivity contribution in [1.29, 1.82) is 0 Å². The number of hydrogen-bond donors (Lipinski definition) is 1. The molecular weight excluding hydrogens is 354 g/mol. The van der Waals surface area contributed by atoms with Crippen LogP contribution in [0.5, 0.6) is 0 Å². The molecule has 1 heterocycles. The van der Waals surface area contributed by atoms with E-state index in [0.717, 1.165) is 5.39 Å². The van der Waals surface area contributed by atoms with Crippen LogP contribution in [0.1, 0.15) is 13.3 Å². The Morgan fingerprint density at radius 3 is 2.65 bits per heavy atom. The molecule has 3 rings (SSSR count). The van der Waals surface area contributed by atoms with E-state index in [1.165, 1.54) is 16.6 Å². The molecule has 0 atom stereocenters. The smallest absolute Gasteiger partial charge is 0.244 e. The van der Waals surface area contributed by atoms with Gasteiger partial charge in [0.2, 0.25) is 15.9 Å². The molecule has 0 spiro atoms. The number of benzene rings is 2. The predicted molar refractivity (Wildman–Crippen MR) is 98.1 cm³/mol. The van der Waals surface area contributed by atoms with Crippen molar-refractivity contribution in [3.8, 4) is 0 Å². The molecule has 136 valence electrons. The summed E-state index contributed by atoms with van der Waals surface area (Å²) in [5, 5.41) is 7.58. The molecule has 1 amide bonds. The number of aromatic nitrogens is 1. The second-order valence-electron chi connectivity index (χ2n) is 5.75. The zero-order valence-electron chi connectivity index (χ0n) is 14.3. The summed E-state index contributed by atoms with van der Waals surface area (Å²) in [6, 6.07) is 13.9. The van der Waals surface area contributed by atoms with Gasteiger partial charge in [-0.25, -0.2) is 8.42 Å². The van der Waals surface area contributed by atoms with Crippen LogP contribution in [0.3, 0.4) is 0 Å². The molecule has 2 aromatic carbocycles. The fourth-order valence-corrected chi connectivity index (χ4v) is 4.42. The summed E-state index contributed by atoms with van der Waals surface area (Å²) >= 11 is 0. The average Bonchev–Trinajstić information content (AvgIpc) is 3.13. The number of rotatable bonds is 7. The first-order valence-corrected chi connectivity index (χ1v) is 9.64. The number of carbonyl (C=O) groups excluding carboxylic acids is 1. The van der Waals surface area contributed by atoms with E-state index in [-0.39, 0.29) is 23.8 Å². The van der Waals surface area contributed by atoms with Crippen LogP contribution in [0.4, 0.5) is 5.82 Å². The Labute approximate surface area is 151 Å². The third-order valence-corrected chi connectivity index (χ3v) is 5.77. The second kappa shape index (κ2) is 7.67. The van der Waals surface area contributed by atoms with E-state index in [1.54, 1.807) is 24.3 Å². The zero-order chi connectivity index (χ0) is 18.6. The SMILES string of the molecule is CCCN(CC(=O)Nc1ccon1)S(=O)(=O)c1cccc2ccccc12. The number of anilines is 1. The largest absolute Gasteiger partial charge is 0.363 e. The summed E-state index contributed by atoms with van der Waals surface area (Å²) < 4.78 is 32.2. The highest BCUT2D eigenvalue weighted by molar-refractivity contribution is 7.89. The van der Waals surface area contributed by atoms with Gasteiger partial charge in [-0.15, -0.1) is 0 Å². The van der Waals surface area contributed by atoms with Gasteiger partial charge in [-0.2, -0.15) is 4.31 Å². The van der Waals surface area contributed by atoms with E-state index in [2.05, 4.69) is 15.0 Å². The van der Waals surface area contributed by atoms with Crippen molar-refractivity contribution in [3.63, 3.8) is 0 Å². The van der Waals surface area contributed by atoms with Crippen molar-refractivity contribution < 1.29 is 17.7 Å². The molecule has 1 aromatic heterocycles. The predicted octanol–water partition coefficient (Wildman–Crippen LogP) is 2.87. The van der Waals surface area contributed by atoms with E-state index >= 15 is 0 Å². The van der Waals surface area contributed by atoms with Gasteiger partial charge in [0.25, 0.3) is 0 Å². The summed E-state index contributed by atoms with van der Waals surface area (Å²) in [7, 11) is -3.84. The van der Waals surface area contributed by atoms with Gasteiger partial charge in [0.15, 0.2) is 5.82 Å². The highest BCUT2D eigenvalue weighted by Crippen LogP contribution is 2.25. The Kier molecular flexibility index (Phi) is 5.34. The minimum absolute atomic E-state index is 0.193. The van der Waals surface area contributed by atoms with Gasteiger partial charge < -0.3 is 9.84 Å². The van der Waals surface area contributed by atoms with Crippen LogP contribution in [-0.2, 0) is 14.8 Å². The third kappa shape index (κ3) is 3.76. The lowest BCUT2D eigenvalue weighted by molar-refractivity contribution is -0.116. The first-order chi connectivity index (χ1) is 12.5. The molecule has 0 unspecified atom stereocenters. The number of carbonyl (C=O) groups is 1. The van der Waals surface area contributed by atoms with E-state index < -0.39 is 15.9 Å². The molecule has 8 heteroatoms. The van der Waals surface area contributed by atoms with Gasteiger partial charge in [-0.05, 0) is 17.9 Å². The normalized spacial score (nSPS) is 11.8. The van der Waals surface area contributed by atoms with Crippen molar-refractivity contribution in [2.75, 3.05) is 18.4 Å². The lowest BCUT2D eigenvalue weighted by atomic mass is 10.1. The van der Waals surface area contributed by atoms with Gasteiger partial charge in [0.1, 0.15) is 6.26 Å². The molecule has 7 nitrogen and oxygen atoms in total. The second-order valence-corrected chi connectivity index (χ2v) is 7.66. The Morgan fingerprint density at radius 1 is 1.15 bits per heavy atom. The first kappa shape index (κ1) is 18.1. The van der Waals surface area contributed by atoms with E-state index in [1.807, 2.05) is 25.1 Å². The molecule has 0 radical (unpaired) electrons. The Morgan fingerprint density at radius 2 is 1.92 bits per heavy atom. The van der Waals surface area contributed by atoms with E-state index in [4.69, 9.17) is 0 Å². The standard InChI is InChI=1S/C18H19N3O4S/c1-2-11-21(13-18(22)19-17-10-12-25-20-17)26(23,24)16-9-5-7-14-6-3-4-8-15(14)16/h3-10,12H,2,11,13H2,1H3,(H,19,20,22). The molecule has 0 aliphatic carbocycles. The van der Waals surface area contributed by atoms with Crippen molar-refractivity contribution in [2.24, 2.45) is 0 Å². The molecule has 0 aliphatic heterocycles. The molecule has 0 bridgehead atoms. The van der Waals surface area contributed by atoms with Gasteiger partial charge >= 0.3 is 0 Å². The van der Waals surface area contributed by atoms with Gasteiger partial charge in [-0.1, -0.05) is 48.5 Å². The number of fused-ring (bicyclic) bond motifs is 1. The number of hydrogen-bond acceptors (Lipinski definition) is 5. The third-order valence-electron chi connectivity index (χ3n) is 3.87. The molecular formula is C18H19N3O4S. The maximum absolute atomic E-state index is 13.2. The molecule has 0 saturated carbocycles. The Balaban J connectivity index is 1.91. The van der Waals surface area contributed by atoms with Crippen LogP contribution in [0.15, 0.2) is 64.2 Å². The van der Waals surface area contributed by atoms with E-state index in [9.17, 15) is 13.2 Å². The lowest BCUT2D eigenvalue weighted by Crippen LogP contribution is -2.38.